The molecule has 0 bridgehead atoms. The molecule has 1 aliphatic heterocycles. The van der Waals surface area contributed by atoms with Crippen LogP contribution in [0.3, 0.4) is 0 Å². The average molecular weight is 319 g/mol. The van der Waals surface area contributed by atoms with E-state index < -0.39 is 0 Å². The van der Waals surface area contributed by atoms with E-state index in [1.165, 1.54) is 45.3 Å². The van der Waals surface area contributed by atoms with Gasteiger partial charge in [0.15, 0.2) is 11.5 Å². The molecule has 0 amide bonds. The van der Waals surface area contributed by atoms with Crippen LogP contribution in [0.1, 0.15) is 55.8 Å². The molecule has 0 aliphatic carbocycles. The van der Waals surface area contributed by atoms with Crippen LogP contribution in [0.5, 0.6) is 11.5 Å². The molecule has 0 unspecified atom stereocenters. The van der Waals surface area contributed by atoms with Gasteiger partial charge >= 0.3 is 0 Å². The number of unbranched alkanes of at least 4 members (excludes halogenated alkanes) is 1. The van der Waals surface area contributed by atoms with Crippen molar-refractivity contribution in [1.29, 1.82) is 0 Å². The highest BCUT2D eigenvalue weighted by molar-refractivity contribution is 5.76. The first kappa shape index (κ1) is 17.8. The van der Waals surface area contributed by atoms with Crippen LogP contribution in [-0.4, -0.2) is 44.0 Å². The number of nitrogens with zero attached hydrogens (tertiary/aromatic N) is 1. The third-order valence-electron chi connectivity index (χ3n) is 4.23. The van der Waals surface area contributed by atoms with Crippen molar-refractivity contribution < 1.29 is 14.3 Å². The summed E-state index contributed by atoms with van der Waals surface area (Å²) < 4.78 is 11.4. The van der Waals surface area contributed by atoms with E-state index in [9.17, 15) is 4.79 Å². The van der Waals surface area contributed by atoms with Gasteiger partial charge in [-0.3, -0.25) is 4.79 Å². The molecule has 0 radical (unpaired) electrons. The molecule has 4 nitrogen and oxygen atoms in total. The van der Waals surface area contributed by atoms with E-state index in [2.05, 4.69) is 4.90 Å². The van der Waals surface area contributed by atoms with Gasteiger partial charge in [-0.1, -0.05) is 12.8 Å². The molecule has 2 rings (SSSR count). The van der Waals surface area contributed by atoms with Crippen molar-refractivity contribution in [2.45, 2.75) is 45.4 Å². The SMILES string of the molecule is CCOc1cc(C=O)ccc1OCCCCN1CCCCCC1. The summed E-state index contributed by atoms with van der Waals surface area (Å²) in [6.45, 7) is 6.86. The summed E-state index contributed by atoms with van der Waals surface area (Å²) in [6, 6.07) is 5.33. The van der Waals surface area contributed by atoms with Gasteiger partial charge in [-0.2, -0.15) is 0 Å². The highest BCUT2D eigenvalue weighted by Gasteiger charge is 2.09. The number of hydrogen-bond donors (Lipinski definition) is 0. The highest BCUT2D eigenvalue weighted by atomic mass is 16.5. The molecule has 0 aromatic heterocycles. The molecule has 23 heavy (non-hydrogen) atoms. The first-order chi connectivity index (χ1) is 11.3. The van der Waals surface area contributed by atoms with Crippen LogP contribution in [0.4, 0.5) is 0 Å². The predicted octanol–water partition coefficient (Wildman–Crippen LogP) is 3.93. The minimum Gasteiger partial charge on any atom is -0.490 e. The summed E-state index contributed by atoms with van der Waals surface area (Å²) in [5.74, 6) is 1.39. The Morgan fingerprint density at radius 3 is 2.52 bits per heavy atom. The largest absolute Gasteiger partial charge is 0.490 e. The fourth-order valence-corrected chi connectivity index (χ4v) is 2.96. The minimum absolute atomic E-state index is 0.563. The van der Waals surface area contributed by atoms with Gasteiger partial charge in [0, 0.05) is 5.56 Å². The number of rotatable bonds is 9. The van der Waals surface area contributed by atoms with Crippen LogP contribution in [0.15, 0.2) is 18.2 Å². The second-order valence-electron chi connectivity index (χ2n) is 6.07. The Kier molecular flexibility index (Phi) is 7.95. The van der Waals surface area contributed by atoms with E-state index >= 15 is 0 Å². The van der Waals surface area contributed by atoms with E-state index in [4.69, 9.17) is 9.47 Å². The predicted molar refractivity (Wildman–Crippen MR) is 92.6 cm³/mol. The monoisotopic (exact) mass is 319 g/mol. The first-order valence-electron chi connectivity index (χ1n) is 8.90. The molecule has 0 atom stereocenters. The molecule has 128 valence electrons. The lowest BCUT2D eigenvalue weighted by Crippen LogP contribution is -2.25. The van der Waals surface area contributed by atoms with Crippen molar-refractivity contribution in [3.63, 3.8) is 0 Å². The van der Waals surface area contributed by atoms with Gasteiger partial charge < -0.3 is 14.4 Å². The van der Waals surface area contributed by atoms with Crippen LogP contribution in [-0.2, 0) is 0 Å². The van der Waals surface area contributed by atoms with E-state index in [-0.39, 0.29) is 0 Å². The van der Waals surface area contributed by atoms with E-state index in [0.717, 1.165) is 24.9 Å². The van der Waals surface area contributed by atoms with Crippen LogP contribution in [0, 0.1) is 0 Å². The van der Waals surface area contributed by atoms with Crippen molar-refractivity contribution >= 4 is 6.29 Å². The number of likely N-dealkylation sites (tertiary alicyclic amines) is 1. The maximum atomic E-state index is 10.8. The molecule has 0 saturated carbocycles. The molecule has 4 heteroatoms. The summed E-state index contributed by atoms with van der Waals surface area (Å²) in [6.07, 6.45) is 8.49. The zero-order valence-corrected chi connectivity index (χ0v) is 14.3. The van der Waals surface area contributed by atoms with E-state index in [1.807, 2.05) is 13.0 Å². The second-order valence-corrected chi connectivity index (χ2v) is 6.07. The zero-order chi connectivity index (χ0) is 16.3. The van der Waals surface area contributed by atoms with Crippen LogP contribution < -0.4 is 9.47 Å². The topological polar surface area (TPSA) is 38.8 Å². The van der Waals surface area contributed by atoms with Gasteiger partial charge in [0.1, 0.15) is 6.29 Å². The van der Waals surface area contributed by atoms with Crippen molar-refractivity contribution in [2.24, 2.45) is 0 Å². The third-order valence-corrected chi connectivity index (χ3v) is 4.23. The van der Waals surface area contributed by atoms with E-state index in [1.54, 1.807) is 12.1 Å². The minimum atomic E-state index is 0.563. The first-order valence-corrected chi connectivity index (χ1v) is 8.90. The van der Waals surface area contributed by atoms with Gasteiger partial charge in [0.05, 0.1) is 13.2 Å². The summed E-state index contributed by atoms with van der Waals surface area (Å²) in [4.78, 5) is 13.4. The van der Waals surface area contributed by atoms with Crippen LogP contribution in [0.2, 0.25) is 0 Å². The van der Waals surface area contributed by atoms with Crippen LogP contribution in [0.25, 0.3) is 0 Å². The third kappa shape index (κ3) is 6.22. The van der Waals surface area contributed by atoms with Gasteiger partial charge in [0.2, 0.25) is 0 Å². The Hall–Kier alpha value is -1.55. The van der Waals surface area contributed by atoms with Crippen molar-refractivity contribution in [3.8, 4) is 11.5 Å². The molecule has 1 aromatic rings. The molecule has 0 spiro atoms. The van der Waals surface area contributed by atoms with Gasteiger partial charge in [-0.15, -0.1) is 0 Å². The molecule has 1 aromatic carbocycles. The zero-order valence-electron chi connectivity index (χ0n) is 14.3. The second kappa shape index (κ2) is 10.3. The number of hydrogen-bond acceptors (Lipinski definition) is 4. The Bertz CT molecular complexity index is 468. The molecule has 1 heterocycles. The maximum absolute atomic E-state index is 10.8. The Labute approximate surface area is 139 Å². The molecule has 1 aliphatic rings. The standard InChI is InChI=1S/C19H29NO3/c1-2-22-19-15-17(16-21)9-10-18(19)23-14-8-7-13-20-11-5-3-4-6-12-20/h9-10,15-16H,2-8,11-14H2,1H3. The summed E-state index contributed by atoms with van der Waals surface area (Å²) in [5, 5.41) is 0. The van der Waals surface area contributed by atoms with Gasteiger partial charge in [-0.25, -0.2) is 0 Å². The van der Waals surface area contributed by atoms with Crippen molar-refractivity contribution in [2.75, 3.05) is 32.8 Å². The molecule has 1 fully saturated rings. The normalized spacial score (nSPS) is 15.9. The quantitative estimate of drug-likeness (QED) is 0.510. The molecular formula is C19H29NO3. The summed E-state index contributed by atoms with van der Waals surface area (Å²) in [7, 11) is 0. The Morgan fingerprint density at radius 1 is 1.04 bits per heavy atom. The lowest BCUT2D eigenvalue weighted by molar-refractivity contribution is 0.112. The van der Waals surface area contributed by atoms with Crippen molar-refractivity contribution in [3.05, 3.63) is 23.8 Å². The average Bonchev–Trinajstić information content (AvgIpc) is 2.84. The molecule has 1 saturated heterocycles. The van der Waals surface area contributed by atoms with E-state index in [0.29, 0.717) is 24.5 Å². The molecular weight excluding hydrogens is 290 g/mol. The lowest BCUT2D eigenvalue weighted by Gasteiger charge is -2.19. The fraction of sp³-hybridized carbons (Fsp3) is 0.632. The number of carbonyl (C=O) groups is 1. The summed E-state index contributed by atoms with van der Waals surface area (Å²) in [5.41, 5.74) is 0.613. The maximum Gasteiger partial charge on any atom is 0.161 e. The number of carbonyl (C=O) groups excluding carboxylic acids is 1. The van der Waals surface area contributed by atoms with Gasteiger partial charge in [-0.05, 0) is 70.4 Å². The number of benzene rings is 1. The summed E-state index contributed by atoms with van der Waals surface area (Å²) >= 11 is 0. The van der Waals surface area contributed by atoms with Gasteiger partial charge in [0.25, 0.3) is 0 Å². The Morgan fingerprint density at radius 2 is 1.83 bits per heavy atom. The Balaban J connectivity index is 1.71. The molecule has 0 N–H and O–H groups in total. The number of aldehydes is 1. The smallest absolute Gasteiger partial charge is 0.161 e. The van der Waals surface area contributed by atoms with Crippen molar-refractivity contribution in [1.82, 2.24) is 4.90 Å². The van der Waals surface area contributed by atoms with Crippen LogP contribution >= 0.6 is 0 Å². The number of ether oxygens (including phenoxy) is 2. The fourth-order valence-electron chi connectivity index (χ4n) is 2.96. The lowest BCUT2D eigenvalue weighted by atomic mass is 10.2. The highest BCUT2D eigenvalue weighted by Crippen LogP contribution is 2.28.